The minimum Gasteiger partial charge on any atom is -0.333 e. The number of hydrogen-bond acceptors (Lipinski definition) is 3. The first kappa shape index (κ1) is 13.1. The van der Waals surface area contributed by atoms with Gasteiger partial charge < -0.3 is 9.80 Å². The van der Waals surface area contributed by atoms with Gasteiger partial charge in [0.05, 0.1) is 0 Å². The van der Waals surface area contributed by atoms with E-state index in [0.717, 1.165) is 13.1 Å². The Morgan fingerprint density at radius 2 is 1.93 bits per heavy atom. The summed E-state index contributed by atoms with van der Waals surface area (Å²) in [6.07, 6.45) is 0.381. The molecule has 0 spiro atoms. The Hall–Kier alpha value is -0.900. The second-order valence-corrected chi connectivity index (χ2v) is 3.64. The standard InChI is InChI=1S/C10H20N2O2/c1-5-11(4)6-7-12(9(2)3)10(14)8-13/h8-9H,5-7H2,1-4H3. The van der Waals surface area contributed by atoms with Gasteiger partial charge in [-0.15, -0.1) is 0 Å². The molecule has 0 radical (unpaired) electrons. The summed E-state index contributed by atoms with van der Waals surface area (Å²) in [4.78, 5) is 25.2. The lowest BCUT2D eigenvalue weighted by molar-refractivity contribution is -0.140. The smallest absolute Gasteiger partial charge is 0.286 e. The zero-order valence-electron chi connectivity index (χ0n) is 9.49. The van der Waals surface area contributed by atoms with Gasteiger partial charge in [0.2, 0.25) is 6.29 Å². The fraction of sp³-hybridized carbons (Fsp3) is 0.800. The summed E-state index contributed by atoms with van der Waals surface area (Å²) in [5, 5.41) is 0. The Morgan fingerprint density at radius 3 is 2.29 bits per heavy atom. The van der Waals surface area contributed by atoms with Gasteiger partial charge in [0, 0.05) is 19.1 Å². The SMILES string of the molecule is CCN(C)CCN(C(=O)C=O)C(C)C. The van der Waals surface area contributed by atoms with Gasteiger partial charge in [-0.1, -0.05) is 6.92 Å². The molecule has 0 atom stereocenters. The molecule has 0 unspecified atom stereocenters. The molecule has 0 aliphatic heterocycles. The van der Waals surface area contributed by atoms with E-state index >= 15 is 0 Å². The summed E-state index contributed by atoms with van der Waals surface area (Å²) in [6.45, 7) is 8.23. The van der Waals surface area contributed by atoms with Crippen LogP contribution in [0.25, 0.3) is 0 Å². The molecular formula is C10H20N2O2. The van der Waals surface area contributed by atoms with E-state index in [1.165, 1.54) is 0 Å². The lowest BCUT2D eigenvalue weighted by atomic mass is 10.3. The van der Waals surface area contributed by atoms with Gasteiger partial charge in [-0.05, 0) is 27.4 Å². The minimum atomic E-state index is -0.426. The van der Waals surface area contributed by atoms with E-state index in [2.05, 4.69) is 11.8 Å². The molecular weight excluding hydrogens is 180 g/mol. The highest BCUT2D eigenvalue weighted by molar-refractivity contribution is 6.23. The highest BCUT2D eigenvalue weighted by atomic mass is 16.2. The van der Waals surface area contributed by atoms with E-state index in [0.29, 0.717) is 12.8 Å². The van der Waals surface area contributed by atoms with Crippen LogP contribution in [0, 0.1) is 0 Å². The molecule has 14 heavy (non-hydrogen) atoms. The molecule has 0 heterocycles. The third-order valence-electron chi connectivity index (χ3n) is 2.27. The number of rotatable bonds is 6. The van der Waals surface area contributed by atoms with Gasteiger partial charge in [0.15, 0.2) is 0 Å². The molecule has 0 saturated heterocycles. The van der Waals surface area contributed by atoms with E-state index in [9.17, 15) is 9.59 Å². The molecule has 0 fully saturated rings. The molecule has 0 aromatic rings. The van der Waals surface area contributed by atoms with Crippen molar-refractivity contribution in [2.24, 2.45) is 0 Å². The summed E-state index contributed by atoms with van der Waals surface area (Å²) in [6, 6.07) is 0.0814. The Balaban J connectivity index is 4.10. The highest BCUT2D eigenvalue weighted by Gasteiger charge is 2.15. The quantitative estimate of drug-likeness (QED) is 0.459. The minimum absolute atomic E-state index is 0.0814. The number of amides is 1. The highest BCUT2D eigenvalue weighted by Crippen LogP contribution is 1.98. The van der Waals surface area contributed by atoms with Crippen LogP contribution in [-0.2, 0) is 9.59 Å². The second-order valence-electron chi connectivity index (χ2n) is 3.64. The van der Waals surface area contributed by atoms with Crippen LogP contribution in [0.15, 0.2) is 0 Å². The monoisotopic (exact) mass is 200 g/mol. The first-order valence-electron chi connectivity index (χ1n) is 4.97. The van der Waals surface area contributed by atoms with Crippen molar-refractivity contribution in [1.82, 2.24) is 9.80 Å². The number of hydrogen-bond donors (Lipinski definition) is 0. The fourth-order valence-corrected chi connectivity index (χ4v) is 1.13. The van der Waals surface area contributed by atoms with Crippen molar-refractivity contribution in [3.05, 3.63) is 0 Å². The summed E-state index contributed by atoms with van der Waals surface area (Å²) < 4.78 is 0. The molecule has 0 aromatic carbocycles. The molecule has 0 rings (SSSR count). The average molecular weight is 200 g/mol. The van der Waals surface area contributed by atoms with Crippen molar-refractivity contribution in [3.63, 3.8) is 0 Å². The van der Waals surface area contributed by atoms with Crippen molar-refractivity contribution in [2.75, 3.05) is 26.7 Å². The molecule has 0 saturated carbocycles. The predicted molar refractivity (Wildman–Crippen MR) is 56.1 cm³/mol. The maximum atomic E-state index is 11.2. The van der Waals surface area contributed by atoms with Crippen LogP contribution < -0.4 is 0 Å². The van der Waals surface area contributed by atoms with Crippen LogP contribution in [0.2, 0.25) is 0 Å². The number of aldehydes is 1. The molecule has 4 nitrogen and oxygen atoms in total. The summed E-state index contributed by atoms with van der Waals surface area (Å²) >= 11 is 0. The topological polar surface area (TPSA) is 40.6 Å². The maximum Gasteiger partial charge on any atom is 0.286 e. The number of carbonyl (C=O) groups excluding carboxylic acids is 2. The first-order chi connectivity index (χ1) is 6.52. The van der Waals surface area contributed by atoms with Crippen molar-refractivity contribution in [2.45, 2.75) is 26.8 Å². The van der Waals surface area contributed by atoms with Crippen LogP contribution in [0.1, 0.15) is 20.8 Å². The summed E-state index contributed by atoms with van der Waals surface area (Å²) in [7, 11) is 1.99. The van der Waals surface area contributed by atoms with E-state index < -0.39 is 5.91 Å². The van der Waals surface area contributed by atoms with Crippen molar-refractivity contribution in [1.29, 1.82) is 0 Å². The van der Waals surface area contributed by atoms with Gasteiger partial charge >= 0.3 is 0 Å². The second kappa shape index (κ2) is 6.54. The van der Waals surface area contributed by atoms with Crippen LogP contribution >= 0.6 is 0 Å². The molecule has 82 valence electrons. The van der Waals surface area contributed by atoms with Crippen LogP contribution in [0.5, 0.6) is 0 Å². The maximum absolute atomic E-state index is 11.2. The molecule has 0 aliphatic rings. The van der Waals surface area contributed by atoms with E-state index in [1.54, 1.807) is 4.90 Å². The fourth-order valence-electron chi connectivity index (χ4n) is 1.13. The Bertz CT molecular complexity index is 193. The van der Waals surface area contributed by atoms with Gasteiger partial charge in [-0.25, -0.2) is 0 Å². The van der Waals surface area contributed by atoms with Crippen LogP contribution in [-0.4, -0.2) is 54.7 Å². The normalized spacial score (nSPS) is 10.7. The molecule has 4 heteroatoms. The number of likely N-dealkylation sites (N-methyl/N-ethyl adjacent to an activating group) is 1. The average Bonchev–Trinajstić information content (AvgIpc) is 2.16. The van der Waals surface area contributed by atoms with E-state index in [1.807, 2.05) is 20.9 Å². The Morgan fingerprint density at radius 1 is 1.36 bits per heavy atom. The van der Waals surface area contributed by atoms with Gasteiger partial charge in [-0.2, -0.15) is 0 Å². The predicted octanol–water partition coefficient (Wildman–Crippen LogP) is 0.374. The van der Waals surface area contributed by atoms with E-state index in [-0.39, 0.29) is 6.04 Å². The van der Waals surface area contributed by atoms with Crippen molar-refractivity contribution < 1.29 is 9.59 Å². The molecule has 0 aliphatic carbocycles. The van der Waals surface area contributed by atoms with Crippen molar-refractivity contribution in [3.8, 4) is 0 Å². The lowest BCUT2D eigenvalue weighted by Gasteiger charge is -2.26. The summed E-state index contributed by atoms with van der Waals surface area (Å²) in [5.41, 5.74) is 0. The first-order valence-corrected chi connectivity index (χ1v) is 4.97. The van der Waals surface area contributed by atoms with Crippen molar-refractivity contribution >= 4 is 12.2 Å². The largest absolute Gasteiger partial charge is 0.333 e. The molecule has 0 bridgehead atoms. The van der Waals surface area contributed by atoms with Gasteiger partial charge in [0.25, 0.3) is 5.91 Å². The Labute approximate surface area is 85.9 Å². The number of nitrogens with zero attached hydrogens (tertiary/aromatic N) is 2. The molecule has 1 amide bonds. The zero-order valence-corrected chi connectivity index (χ0v) is 9.49. The van der Waals surface area contributed by atoms with Crippen LogP contribution in [0.3, 0.4) is 0 Å². The Kier molecular flexibility index (Phi) is 6.12. The third-order valence-corrected chi connectivity index (χ3v) is 2.27. The number of carbonyl (C=O) groups is 2. The lowest BCUT2D eigenvalue weighted by Crippen LogP contribution is -2.42. The third kappa shape index (κ3) is 4.37. The summed E-state index contributed by atoms with van der Waals surface area (Å²) in [5.74, 6) is -0.426. The molecule has 0 aromatic heterocycles. The van der Waals surface area contributed by atoms with E-state index in [4.69, 9.17) is 0 Å². The van der Waals surface area contributed by atoms with Crippen LogP contribution in [0.4, 0.5) is 0 Å². The zero-order chi connectivity index (χ0) is 11.1. The van der Waals surface area contributed by atoms with Gasteiger partial charge in [-0.3, -0.25) is 9.59 Å². The van der Waals surface area contributed by atoms with Gasteiger partial charge in [0.1, 0.15) is 0 Å². The molecule has 0 N–H and O–H groups in total.